The van der Waals surface area contributed by atoms with Gasteiger partial charge in [-0.15, -0.1) is 11.8 Å². The van der Waals surface area contributed by atoms with E-state index in [-0.39, 0.29) is 0 Å². The second-order valence-electron chi connectivity index (χ2n) is 4.75. The van der Waals surface area contributed by atoms with Crippen molar-refractivity contribution in [2.75, 3.05) is 50.4 Å². The second-order valence-corrected chi connectivity index (χ2v) is 5.58. The predicted octanol–water partition coefficient (Wildman–Crippen LogP) is 0.292. The number of nitrogens with zero attached hydrogens (tertiary/aromatic N) is 4. The van der Waals surface area contributed by atoms with Gasteiger partial charge >= 0.3 is 0 Å². The Bertz CT molecular complexity index is 401. The maximum Gasteiger partial charge on any atom is 0.133 e. The summed E-state index contributed by atoms with van der Waals surface area (Å²) in [7, 11) is 0. The summed E-state index contributed by atoms with van der Waals surface area (Å²) in [6.07, 6.45) is 3.72. The van der Waals surface area contributed by atoms with Crippen LogP contribution in [0.15, 0.2) is 17.4 Å². The minimum atomic E-state index is 0.763. The highest BCUT2D eigenvalue weighted by Gasteiger charge is 2.27. The van der Waals surface area contributed by atoms with E-state index in [4.69, 9.17) is 0 Å². The Balaban J connectivity index is 1.60. The molecular weight excluding hydrogens is 246 g/mol. The van der Waals surface area contributed by atoms with E-state index >= 15 is 0 Å². The van der Waals surface area contributed by atoms with Crippen molar-refractivity contribution in [2.45, 2.75) is 11.1 Å². The molecule has 1 aromatic heterocycles. The molecule has 2 saturated heterocycles. The summed E-state index contributed by atoms with van der Waals surface area (Å²) in [4.78, 5) is 13.6. The lowest BCUT2D eigenvalue weighted by Crippen LogP contribution is -2.61. The van der Waals surface area contributed by atoms with Crippen LogP contribution in [0.4, 0.5) is 5.82 Å². The lowest BCUT2D eigenvalue weighted by atomic mass is 10.1. The van der Waals surface area contributed by atoms with E-state index in [1.54, 1.807) is 18.1 Å². The highest BCUT2D eigenvalue weighted by molar-refractivity contribution is 7.98. The van der Waals surface area contributed by atoms with E-state index in [1.807, 2.05) is 6.26 Å². The molecule has 2 aliphatic rings. The fraction of sp³-hybridized carbons (Fsp3) is 0.667. The van der Waals surface area contributed by atoms with E-state index in [0.29, 0.717) is 0 Å². The van der Waals surface area contributed by atoms with Gasteiger partial charge in [0.2, 0.25) is 0 Å². The second kappa shape index (κ2) is 5.42. The van der Waals surface area contributed by atoms with Gasteiger partial charge in [0.25, 0.3) is 0 Å². The van der Waals surface area contributed by atoms with Crippen molar-refractivity contribution < 1.29 is 0 Å². The molecular formula is C12H19N5S. The summed E-state index contributed by atoms with van der Waals surface area (Å²) < 4.78 is 0. The van der Waals surface area contributed by atoms with Crippen LogP contribution < -0.4 is 10.2 Å². The van der Waals surface area contributed by atoms with E-state index in [0.717, 1.165) is 56.2 Å². The summed E-state index contributed by atoms with van der Waals surface area (Å²) in [5.41, 5.74) is 0. The van der Waals surface area contributed by atoms with Crippen molar-refractivity contribution in [2.24, 2.45) is 0 Å². The zero-order valence-electron chi connectivity index (χ0n) is 10.7. The van der Waals surface area contributed by atoms with Crippen molar-refractivity contribution in [1.82, 2.24) is 20.2 Å². The molecule has 1 N–H and O–H groups in total. The third kappa shape index (κ3) is 2.46. The molecule has 0 aliphatic carbocycles. The molecule has 5 nitrogen and oxygen atoms in total. The molecule has 0 radical (unpaired) electrons. The number of hydrogen-bond acceptors (Lipinski definition) is 6. The monoisotopic (exact) mass is 265 g/mol. The van der Waals surface area contributed by atoms with Crippen LogP contribution >= 0.6 is 11.8 Å². The molecule has 0 spiro atoms. The molecule has 0 aromatic carbocycles. The first-order chi connectivity index (χ1) is 8.86. The van der Waals surface area contributed by atoms with Gasteiger partial charge in [-0.25, -0.2) is 9.97 Å². The van der Waals surface area contributed by atoms with Crippen molar-refractivity contribution in [1.29, 1.82) is 0 Å². The quantitative estimate of drug-likeness (QED) is 0.626. The van der Waals surface area contributed by atoms with Gasteiger partial charge in [0.1, 0.15) is 17.2 Å². The fourth-order valence-electron chi connectivity index (χ4n) is 2.46. The first-order valence-corrected chi connectivity index (χ1v) is 7.65. The average Bonchev–Trinajstić information content (AvgIpc) is 2.38. The number of anilines is 1. The van der Waals surface area contributed by atoms with Crippen LogP contribution in [0.5, 0.6) is 0 Å². The van der Waals surface area contributed by atoms with Gasteiger partial charge in [-0.1, -0.05) is 0 Å². The number of aromatic nitrogens is 2. The standard InChI is InChI=1S/C12H19N5S/c1-18-12-6-11(14-9-15-12)17-4-2-16(3-5-17)10-7-13-8-10/h6,9-10,13H,2-5,7-8H2,1H3. The van der Waals surface area contributed by atoms with Crippen LogP contribution in [-0.4, -0.2) is 66.4 Å². The van der Waals surface area contributed by atoms with Crippen LogP contribution in [0.3, 0.4) is 0 Å². The molecule has 0 amide bonds. The Morgan fingerprint density at radius 2 is 2.00 bits per heavy atom. The average molecular weight is 265 g/mol. The summed E-state index contributed by atoms with van der Waals surface area (Å²) in [6.45, 7) is 6.74. The van der Waals surface area contributed by atoms with Crippen molar-refractivity contribution in [3.8, 4) is 0 Å². The Labute approximate surface area is 112 Å². The van der Waals surface area contributed by atoms with E-state index in [2.05, 4.69) is 31.2 Å². The largest absolute Gasteiger partial charge is 0.354 e. The lowest BCUT2D eigenvalue weighted by molar-refractivity contribution is 0.137. The summed E-state index contributed by atoms with van der Waals surface area (Å²) in [5.74, 6) is 1.07. The maximum atomic E-state index is 4.39. The molecule has 0 bridgehead atoms. The van der Waals surface area contributed by atoms with E-state index in [1.165, 1.54) is 0 Å². The Hall–Kier alpha value is -0.850. The topological polar surface area (TPSA) is 44.3 Å². The Kier molecular flexibility index (Phi) is 3.67. The van der Waals surface area contributed by atoms with Gasteiger partial charge in [0.05, 0.1) is 0 Å². The minimum Gasteiger partial charge on any atom is -0.354 e. The highest BCUT2D eigenvalue weighted by atomic mass is 32.2. The number of rotatable bonds is 3. The third-order valence-electron chi connectivity index (χ3n) is 3.75. The van der Waals surface area contributed by atoms with Gasteiger partial charge in [-0.2, -0.15) is 0 Å². The Morgan fingerprint density at radius 1 is 1.22 bits per heavy atom. The zero-order chi connectivity index (χ0) is 12.4. The van der Waals surface area contributed by atoms with Crippen LogP contribution in [0, 0.1) is 0 Å². The molecule has 2 fully saturated rings. The fourth-order valence-corrected chi connectivity index (χ4v) is 2.84. The van der Waals surface area contributed by atoms with Gasteiger partial charge in [-0.05, 0) is 6.26 Å². The van der Waals surface area contributed by atoms with Crippen molar-refractivity contribution in [3.63, 3.8) is 0 Å². The molecule has 2 aliphatic heterocycles. The number of hydrogen-bond donors (Lipinski definition) is 1. The first-order valence-electron chi connectivity index (χ1n) is 6.42. The molecule has 1 aromatic rings. The highest BCUT2D eigenvalue weighted by Crippen LogP contribution is 2.19. The van der Waals surface area contributed by atoms with E-state index < -0.39 is 0 Å². The van der Waals surface area contributed by atoms with Crippen molar-refractivity contribution in [3.05, 3.63) is 12.4 Å². The number of thioether (sulfide) groups is 1. The zero-order valence-corrected chi connectivity index (χ0v) is 11.5. The third-order valence-corrected chi connectivity index (χ3v) is 4.39. The molecule has 3 rings (SSSR count). The van der Waals surface area contributed by atoms with Gasteiger partial charge in [0.15, 0.2) is 0 Å². The molecule has 0 saturated carbocycles. The summed E-state index contributed by atoms with van der Waals surface area (Å²) in [5, 5.41) is 4.38. The van der Waals surface area contributed by atoms with Crippen LogP contribution in [0.1, 0.15) is 0 Å². The van der Waals surface area contributed by atoms with Gasteiger partial charge in [-0.3, -0.25) is 4.90 Å². The Morgan fingerprint density at radius 3 is 2.61 bits per heavy atom. The number of nitrogens with one attached hydrogen (secondary N) is 1. The smallest absolute Gasteiger partial charge is 0.133 e. The van der Waals surface area contributed by atoms with Crippen LogP contribution in [0.2, 0.25) is 0 Å². The lowest BCUT2D eigenvalue weighted by Gasteiger charge is -2.43. The number of piperazine rings is 1. The van der Waals surface area contributed by atoms with E-state index in [9.17, 15) is 0 Å². The molecule has 0 atom stereocenters. The predicted molar refractivity (Wildman–Crippen MR) is 74.3 cm³/mol. The molecule has 0 unspecified atom stereocenters. The van der Waals surface area contributed by atoms with Crippen LogP contribution in [0.25, 0.3) is 0 Å². The maximum absolute atomic E-state index is 4.39. The first kappa shape index (κ1) is 12.2. The molecule has 6 heteroatoms. The van der Waals surface area contributed by atoms with Crippen molar-refractivity contribution >= 4 is 17.6 Å². The van der Waals surface area contributed by atoms with Gasteiger partial charge < -0.3 is 10.2 Å². The molecule has 18 heavy (non-hydrogen) atoms. The minimum absolute atomic E-state index is 0.763. The SMILES string of the molecule is CSc1cc(N2CCN(C3CNC3)CC2)ncn1. The van der Waals surface area contributed by atoms with Crippen LogP contribution in [-0.2, 0) is 0 Å². The normalized spacial score (nSPS) is 21.9. The summed E-state index contributed by atoms with van der Waals surface area (Å²) in [6, 6.07) is 2.85. The molecule has 98 valence electrons. The molecule has 3 heterocycles. The van der Waals surface area contributed by atoms with Gasteiger partial charge in [0, 0.05) is 51.4 Å². The summed E-state index contributed by atoms with van der Waals surface area (Å²) >= 11 is 1.67.